The van der Waals surface area contributed by atoms with E-state index in [1.807, 2.05) is 11.8 Å². The zero-order valence-electron chi connectivity index (χ0n) is 13.8. The van der Waals surface area contributed by atoms with Crippen LogP contribution in [0.1, 0.15) is 33.1 Å². The van der Waals surface area contributed by atoms with E-state index in [2.05, 4.69) is 17.1 Å². The summed E-state index contributed by atoms with van der Waals surface area (Å²) in [4.78, 5) is 16.1. The number of likely N-dealkylation sites (tertiary alicyclic amines) is 1. The van der Waals surface area contributed by atoms with E-state index in [0.717, 1.165) is 45.6 Å². The largest absolute Gasteiger partial charge is 0.450 e. The number of ether oxygens (including phenoxy) is 2. The maximum Gasteiger partial charge on any atom is 0.409 e. The Morgan fingerprint density at radius 1 is 1.27 bits per heavy atom. The average Bonchev–Trinajstić information content (AvgIpc) is 2.89. The van der Waals surface area contributed by atoms with Crippen molar-refractivity contribution in [3.8, 4) is 0 Å². The second-order valence-electron chi connectivity index (χ2n) is 6.81. The van der Waals surface area contributed by atoms with Crippen LogP contribution < -0.4 is 5.32 Å². The van der Waals surface area contributed by atoms with Gasteiger partial charge in [-0.15, -0.1) is 0 Å². The van der Waals surface area contributed by atoms with Gasteiger partial charge in [0.15, 0.2) is 0 Å². The van der Waals surface area contributed by atoms with Gasteiger partial charge in [0.2, 0.25) is 0 Å². The molecule has 0 spiro atoms. The number of hydrogen-bond acceptors (Lipinski definition) is 5. The van der Waals surface area contributed by atoms with Crippen molar-refractivity contribution < 1.29 is 14.3 Å². The molecule has 1 N–H and O–H groups in total. The fourth-order valence-electron chi connectivity index (χ4n) is 3.94. The molecular weight excluding hydrogens is 282 g/mol. The van der Waals surface area contributed by atoms with Gasteiger partial charge >= 0.3 is 6.09 Å². The van der Waals surface area contributed by atoms with E-state index in [1.165, 1.54) is 6.42 Å². The predicted octanol–water partition coefficient (Wildman–Crippen LogP) is 1.06. The molecule has 3 atom stereocenters. The molecule has 0 aromatic heterocycles. The van der Waals surface area contributed by atoms with Crippen molar-refractivity contribution in [1.29, 1.82) is 0 Å². The van der Waals surface area contributed by atoms with E-state index in [-0.39, 0.29) is 6.09 Å². The maximum absolute atomic E-state index is 11.7. The highest BCUT2D eigenvalue weighted by molar-refractivity contribution is 5.67. The van der Waals surface area contributed by atoms with Gasteiger partial charge in [-0.3, -0.25) is 4.90 Å². The Kier molecular flexibility index (Phi) is 5.21. The van der Waals surface area contributed by atoms with Gasteiger partial charge in [-0.05, 0) is 33.1 Å². The molecule has 0 saturated carbocycles. The number of amides is 1. The second kappa shape index (κ2) is 7.15. The van der Waals surface area contributed by atoms with Crippen LogP contribution in [0.4, 0.5) is 4.79 Å². The molecule has 3 aliphatic rings. The van der Waals surface area contributed by atoms with Gasteiger partial charge < -0.3 is 19.7 Å². The lowest BCUT2D eigenvalue weighted by Gasteiger charge is -2.33. The minimum absolute atomic E-state index is 0.162. The molecule has 0 radical (unpaired) electrons. The molecule has 0 bridgehead atoms. The topological polar surface area (TPSA) is 54.0 Å². The Morgan fingerprint density at radius 3 is 2.77 bits per heavy atom. The third-order valence-corrected chi connectivity index (χ3v) is 5.09. The summed E-state index contributed by atoms with van der Waals surface area (Å²) in [5.74, 6) is 0. The van der Waals surface area contributed by atoms with E-state index >= 15 is 0 Å². The van der Waals surface area contributed by atoms with Crippen molar-refractivity contribution in [2.75, 3.05) is 39.4 Å². The summed E-state index contributed by atoms with van der Waals surface area (Å²) in [6.07, 6.45) is 3.43. The van der Waals surface area contributed by atoms with Gasteiger partial charge in [0, 0.05) is 44.3 Å². The standard InChI is InChI=1S/C16H29N3O3/c1-3-21-16(20)18-6-4-13(5-7-18)17-14-8-15-11-22-12(2)9-19(15)10-14/h12-15,17H,3-11H2,1-2H3/t12-,14-,15-/m0/s1. The lowest BCUT2D eigenvalue weighted by molar-refractivity contribution is -0.0390. The van der Waals surface area contributed by atoms with E-state index < -0.39 is 0 Å². The van der Waals surface area contributed by atoms with Crippen molar-refractivity contribution in [2.24, 2.45) is 0 Å². The zero-order chi connectivity index (χ0) is 15.5. The number of carbonyl (C=O) groups excluding carboxylic acids is 1. The van der Waals surface area contributed by atoms with Crippen LogP contribution in [-0.4, -0.2) is 79.5 Å². The van der Waals surface area contributed by atoms with Gasteiger partial charge in [-0.2, -0.15) is 0 Å². The molecule has 3 rings (SSSR count). The molecule has 0 aliphatic carbocycles. The molecule has 6 heteroatoms. The summed E-state index contributed by atoms with van der Waals surface area (Å²) in [5.41, 5.74) is 0. The van der Waals surface area contributed by atoms with Crippen LogP contribution in [0, 0.1) is 0 Å². The first-order valence-corrected chi connectivity index (χ1v) is 8.69. The number of fused-ring (bicyclic) bond motifs is 1. The Balaban J connectivity index is 1.41. The predicted molar refractivity (Wildman–Crippen MR) is 83.9 cm³/mol. The highest BCUT2D eigenvalue weighted by atomic mass is 16.6. The van der Waals surface area contributed by atoms with Crippen molar-refractivity contribution in [1.82, 2.24) is 15.1 Å². The summed E-state index contributed by atoms with van der Waals surface area (Å²) in [6.45, 7) is 9.14. The number of hydrogen-bond donors (Lipinski definition) is 1. The fraction of sp³-hybridized carbons (Fsp3) is 0.938. The monoisotopic (exact) mass is 311 g/mol. The van der Waals surface area contributed by atoms with E-state index in [4.69, 9.17) is 9.47 Å². The molecule has 1 amide bonds. The quantitative estimate of drug-likeness (QED) is 0.844. The van der Waals surface area contributed by atoms with Crippen LogP contribution in [-0.2, 0) is 9.47 Å². The van der Waals surface area contributed by atoms with Gasteiger partial charge in [0.1, 0.15) is 0 Å². The SMILES string of the molecule is CCOC(=O)N1CCC(N[C@H]2C[C@H]3CO[C@@H](C)CN3C2)CC1. The normalized spacial score (nSPS) is 33.7. The van der Waals surface area contributed by atoms with Crippen LogP contribution in [0.25, 0.3) is 0 Å². The first-order chi connectivity index (χ1) is 10.7. The second-order valence-corrected chi connectivity index (χ2v) is 6.81. The third kappa shape index (κ3) is 3.73. The van der Waals surface area contributed by atoms with Crippen molar-refractivity contribution >= 4 is 6.09 Å². The first-order valence-electron chi connectivity index (χ1n) is 8.69. The van der Waals surface area contributed by atoms with Crippen LogP contribution in [0.2, 0.25) is 0 Å². The molecule has 3 aliphatic heterocycles. The van der Waals surface area contributed by atoms with Gasteiger partial charge in [0.25, 0.3) is 0 Å². The molecule has 0 aromatic carbocycles. The Morgan fingerprint density at radius 2 is 2.05 bits per heavy atom. The minimum atomic E-state index is -0.162. The summed E-state index contributed by atoms with van der Waals surface area (Å²) < 4.78 is 10.8. The highest BCUT2D eigenvalue weighted by Crippen LogP contribution is 2.24. The summed E-state index contributed by atoms with van der Waals surface area (Å²) in [6, 6.07) is 1.68. The van der Waals surface area contributed by atoms with Gasteiger partial charge in [-0.25, -0.2) is 4.79 Å². The summed E-state index contributed by atoms with van der Waals surface area (Å²) in [7, 11) is 0. The molecule has 126 valence electrons. The molecule has 22 heavy (non-hydrogen) atoms. The van der Waals surface area contributed by atoms with Crippen LogP contribution in [0.3, 0.4) is 0 Å². The number of carbonyl (C=O) groups is 1. The average molecular weight is 311 g/mol. The van der Waals surface area contributed by atoms with Crippen LogP contribution >= 0.6 is 0 Å². The third-order valence-electron chi connectivity index (χ3n) is 5.09. The Labute approximate surface area is 133 Å². The molecular formula is C16H29N3O3. The van der Waals surface area contributed by atoms with Gasteiger partial charge in [0.05, 0.1) is 19.3 Å². The van der Waals surface area contributed by atoms with Crippen molar-refractivity contribution in [2.45, 2.75) is 57.3 Å². The summed E-state index contributed by atoms with van der Waals surface area (Å²) in [5, 5.41) is 3.80. The van der Waals surface area contributed by atoms with E-state index in [1.54, 1.807) is 0 Å². The number of nitrogens with one attached hydrogen (secondary N) is 1. The van der Waals surface area contributed by atoms with Crippen molar-refractivity contribution in [3.05, 3.63) is 0 Å². The number of piperidine rings is 1. The highest BCUT2D eigenvalue weighted by Gasteiger charge is 2.37. The van der Waals surface area contributed by atoms with E-state index in [0.29, 0.717) is 30.8 Å². The smallest absolute Gasteiger partial charge is 0.409 e. The maximum atomic E-state index is 11.7. The lowest BCUT2D eigenvalue weighted by Crippen LogP contribution is -2.48. The molecule has 3 fully saturated rings. The fourth-order valence-corrected chi connectivity index (χ4v) is 3.94. The first kappa shape index (κ1) is 16.0. The number of nitrogens with zero attached hydrogens (tertiary/aromatic N) is 2. The molecule has 3 saturated heterocycles. The summed E-state index contributed by atoms with van der Waals surface area (Å²) >= 11 is 0. The van der Waals surface area contributed by atoms with Gasteiger partial charge in [-0.1, -0.05) is 0 Å². The zero-order valence-corrected chi connectivity index (χ0v) is 13.8. The van der Waals surface area contributed by atoms with Crippen LogP contribution in [0.15, 0.2) is 0 Å². The Bertz CT molecular complexity index is 385. The number of morpholine rings is 1. The lowest BCUT2D eigenvalue weighted by atomic mass is 10.0. The molecule has 0 aromatic rings. The molecule has 0 unspecified atom stereocenters. The van der Waals surface area contributed by atoms with Crippen molar-refractivity contribution in [3.63, 3.8) is 0 Å². The molecule has 6 nitrogen and oxygen atoms in total. The Hall–Kier alpha value is -0.850. The number of rotatable bonds is 3. The van der Waals surface area contributed by atoms with Crippen LogP contribution in [0.5, 0.6) is 0 Å². The minimum Gasteiger partial charge on any atom is -0.450 e. The molecule has 3 heterocycles. The van der Waals surface area contributed by atoms with E-state index in [9.17, 15) is 4.79 Å².